The molecule has 5 N–H and O–H groups in total. The van der Waals surface area contributed by atoms with E-state index < -0.39 is 31.0 Å². The van der Waals surface area contributed by atoms with Crippen molar-refractivity contribution >= 4 is 0 Å². The number of aliphatic hydroxyl groups is 5. The summed E-state index contributed by atoms with van der Waals surface area (Å²) < 4.78 is 5.37. The Balaban J connectivity index is 3.78. The van der Waals surface area contributed by atoms with Gasteiger partial charge in [0.05, 0.1) is 13.2 Å². The summed E-state index contributed by atoms with van der Waals surface area (Å²) in [5.41, 5.74) is 1.41. The summed E-state index contributed by atoms with van der Waals surface area (Å²) in [7, 11) is 0. The molecular weight excluding hydrogens is 432 g/mol. The van der Waals surface area contributed by atoms with Gasteiger partial charge in [0.25, 0.3) is 0 Å². The Kier molecular flexibility index (Phi) is 20.4. The van der Waals surface area contributed by atoms with E-state index in [1.54, 1.807) is 0 Å². The van der Waals surface area contributed by atoms with Crippen molar-refractivity contribution in [1.82, 2.24) is 0 Å². The maximum Gasteiger partial charge on any atom is 0.111 e. The van der Waals surface area contributed by atoms with Crippen molar-refractivity contribution < 1.29 is 30.3 Å². The molecule has 0 spiro atoms. The molecule has 0 aliphatic heterocycles. The molecule has 0 aromatic heterocycles. The van der Waals surface area contributed by atoms with Gasteiger partial charge in [-0.05, 0) is 50.4 Å². The second kappa shape index (κ2) is 20.7. The van der Waals surface area contributed by atoms with Crippen LogP contribution >= 0.6 is 0 Å². The standard InChI is InChI=1S/C28H56O6/c1-21(2)11-8-13-23(4)15-10-17-24(5)16-9-14-22(3)12-6-7-18-34-20-26(31)28(33)27(32)25(30)19-29/h12,21,23-33H,6-11,13-20H2,1-5H3/b22-12+/t23?,24?,25-,26-,27-,28-/m1/s1. The Hall–Kier alpha value is -0.500. The molecule has 0 saturated heterocycles. The summed E-state index contributed by atoms with van der Waals surface area (Å²) in [6.45, 7) is 11.2. The number of unbranched alkanes of at least 4 members (excludes halogenated alkanes) is 1. The lowest BCUT2D eigenvalue weighted by molar-refractivity contribution is -0.129. The van der Waals surface area contributed by atoms with E-state index >= 15 is 0 Å². The molecule has 0 aromatic carbocycles. The SMILES string of the molecule is C/C(=C\CCCOC[C@@H](O)[C@@H](O)[C@H](O)[C@H](O)CO)CCCC(C)CCCC(C)CCCC(C)C. The number of hydrogen-bond donors (Lipinski definition) is 5. The molecule has 0 radical (unpaired) electrons. The van der Waals surface area contributed by atoms with Gasteiger partial charge in [0, 0.05) is 6.61 Å². The van der Waals surface area contributed by atoms with E-state index in [9.17, 15) is 20.4 Å². The van der Waals surface area contributed by atoms with Gasteiger partial charge in [-0.2, -0.15) is 0 Å². The van der Waals surface area contributed by atoms with Crippen molar-refractivity contribution in [1.29, 1.82) is 0 Å². The predicted octanol–water partition coefficient (Wildman–Crippen LogP) is 4.60. The quantitative estimate of drug-likeness (QED) is 0.112. The van der Waals surface area contributed by atoms with Crippen molar-refractivity contribution in [3.05, 3.63) is 11.6 Å². The molecule has 0 aromatic rings. The Labute approximate surface area is 209 Å². The molecule has 34 heavy (non-hydrogen) atoms. The van der Waals surface area contributed by atoms with E-state index in [0.717, 1.165) is 37.0 Å². The van der Waals surface area contributed by atoms with Crippen LogP contribution in [0.25, 0.3) is 0 Å². The van der Waals surface area contributed by atoms with Gasteiger partial charge in [0.2, 0.25) is 0 Å². The van der Waals surface area contributed by atoms with Crippen LogP contribution < -0.4 is 0 Å². The molecule has 0 heterocycles. The molecule has 2 unspecified atom stereocenters. The summed E-state index contributed by atoms with van der Waals surface area (Å²) in [5.74, 6) is 2.48. The average Bonchev–Trinajstić information content (AvgIpc) is 2.79. The van der Waals surface area contributed by atoms with Crippen LogP contribution in [0.15, 0.2) is 11.6 Å². The number of ether oxygens (including phenoxy) is 1. The molecule has 6 heteroatoms. The zero-order chi connectivity index (χ0) is 25.9. The minimum Gasteiger partial charge on any atom is -0.394 e. The first kappa shape index (κ1) is 33.5. The fourth-order valence-corrected chi connectivity index (χ4v) is 4.21. The summed E-state index contributed by atoms with van der Waals surface area (Å²) in [6.07, 6.45) is 9.80. The molecule has 0 bridgehead atoms. The number of allylic oxidation sites excluding steroid dienone is 2. The largest absolute Gasteiger partial charge is 0.394 e. The smallest absolute Gasteiger partial charge is 0.111 e. The van der Waals surface area contributed by atoms with Crippen molar-refractivity contribution in [3.63, 3.8) is 0 Å². The highest BCUT2D eigenvalue weighted by Gasteiger charge is 2.29. The first-order chi connectivity index (χ1) is 16.1. The summed E-state index contributed by atoms with van der Waals surface area (Å²) in [4.78, 5) is 0. The topological polar surface area (TPSA) is 110 Å². The second-order valence-electron chi connectivity index (χ2n) is 10.9. The molecule has 6 nitrogen and oxygen atoms in total. The van der Waals surface area contributed by atoms with Crippen LogP contribution in [0.5, 0.6) is 0 Å². The van der Waals surface area contributed by atoms with E-state index in [0.29, 0.717) is 6.61 Å². The van der Waals surface area contributed by atoms with Crippen LogP contribution in [-0.2, 0) is 4.74 Å². The molecule has 204 valence electrons. The van der Waals surface area contributed by atoms with Gasteiger partial charge >= 0.3 is 0 Å². The van der Waals surface area contributed by atoms with Crippen molar-refractivity contribution in [3.8, 4) is 0 Å². The van der Waals surface area contributed by atoms with Crippen LogP contribution in [0.2, 0.25) is 0 Å². The predicted molar refractivity (Wildman–Crippen MR) is 140 cm³/mol. The lowest BCUT2D eigenvalue weighted by Crippen LogP contribution is -2.47. The zero-order valence-corrected chi connectivity index (χ0v) is 22.7. The van der Waals surface area contributed by atoms with E-state index in [4.69, 9.17) is 9.84 Å². The van der Waals surface area contributed by atoms with Crippen LogP contribution in [0.1, 0.15) is 105 Å². The summed E-state index contributed by atoms with van der Waals surface area (Å²) in [6, 6.07) is 0. The lowest BCUT2D eigenvalue weighted by atomic mass is 9.91. The van der Waals surface area contributed by atoms with Crippen LogP contribution in [0.4, 0.5) is 0 Å². The highest BCUT2D eigenvalue weighted by molar-refractivity contribution is 4.97. The third kappa shape index (κ3) is 17.9. The third-order valence-corrected chi connectivity index (χ3v) is 6.74. The number of rotatable bonds is 22. The molecular formula is C28H56O6. The normalized spacial score (nSPS) is 18.0. The second-order valence-corrected chi connectivity index (χ2v) is 10.9. The minimum absolute atomic E-state index is 0.131. The molecule has 0 rings (SSSR count). The maximum atomic E-state index is 9.81. The Morgan fingerprint density at radius 2 is 1.26 bits per heavy atom. The van der Waals surface area contributed by atoms with E-state index in [1.165, 1.54) is 56.9 Å². The molecule has 0 aliphatic rings. The van der Waals surface area contributed by atoms with Crippen molar-refractivity contribution in [2.75, 3.05) is 19.8 Å². The van der Waals surface area contributed by atoms with Gasteiger partial charge in [-0.3, -0.25) is 0 Å². The lowest BCUT2D eigenvalue weighted by Gasteiger charge is -2.25. The van der Waals surface area contributed by atoms with Gasteiger partial charge in [0.1, 0.15) is 24.4 Å². The fourth-order valence-electron chi connectivity index (χ4n) is 4.21. The monoisotopic (exact) mass is 488 g/mol. The van der Waals surface area contributed by atoms with E-state index in [1.807, 2.05) is 0 Å². The van der Waals surface area contributed by atoms with Crippen LogP contribution in [0.3, 0.4) is 0 Å². The molecule has 0 saturated carbocycles. The van der Waals surface area contributed by atoms with Crippen molar-refractivity contribution in [2.24, 2.45) is 17.8 Å². The average molecular weight is 489 g/mol. The number of hydrogen-bond acceptors (Lipinski definition) is 6. The highest BCUT2D eigenvalue weighted by Crippen LogP contribution is 2.22. The van der Waals surface area contributed by atoms with Gasteiger partial charge in [-0.15, -0.1) is 0 Å². The third-order valence-electron chi connectivity index (χ3n) is 6.74. The number of aliphatic hydroxyl groups excluding tert-OH is 5. The Bertz CT molecular complexity index is 495. The first-order valence-electron chi connectivity index (χ1n) is 13.6. The van der Waals surface area contributed by atoms with Gasteiger partial charge < -0.3 is 30.3 Å². The zero-order valence-electron chi connectivity index (χ0n) is 22.7. The summed E-state index contributed by atoms with van der Waals surface area (Å²) in [5, 5.41) is 47.2. The highest BCUT2D eigenvalue weighted by atomic mass is 16.5. The van der Waals surface area contributed by atoms with Crippen LogP contribution in [0, 0.1) is 17.8 Å². The Morgan fingerprint density at radius 3 is 1.82 bits per heavy atom. The molecule has 0 amide bonds. The van der Waals surface area contributed by atoms with E-state index in [2.05, 4.69) is 40.7 Å². The van der Waals surface area contributed by atoms with E-state index in [-0.39, 0.29) is 6.61 Å². The van der Waals surface area contributed by atoms with Crippen molar-refractivity contribution in [2.45, 2.75) is 130 Å². The van der Waals surface area contributed by atoms with Gasteiger partial charge in [0.15, 0.2) is 0 Å². The molecule has 6 atom stereocenters. The maximum absolute atomic E-state index is 9.81. The minimum atomic E-state index is -1.61. The molecule has 0 aliphatic carbocycles. The van der Waals surface area contributed by atoms with Gasteiger partial charge in [-0.1, -0.05) is 84.3 Å². The molecule has 0 fully saturated rings. The van der Waals surface area contributed by atoms with Gasteiger partial charge in [-0.25, -0.2) is 0 Å². The Morgan fingerprint density at radius 1 is 0.735 bits per heavy atom. The summed E-state index contributed by atoms with van der Waals surface area (Å²) >= 11 is 0. The fraction of sp³-hybridized carbons (Fsp3) is 0.929. The first-order valence-corrected chi connectivity index (χ1v) is 13.6. The van der Waals surface area contributed by atoms with Crippen LogP contribution in [-0.4, -0.2) is 69.8 Å².